The average Bonchev–Trinajstić information content (AvgIpc) is 2.51. The summed E-state index contributed by atoms with van der Waals surface area (Å²) in [5, 5.41) is 3.43. The lowest BCUT2D eigenvalue weighted by atomic mass is 10.2. The van der Waals surface area contributed by atoms with E-state index in [1.54, 1.807) is 49.4 Å². The Labute approximate surface area is 156 Å². The maximum Gasteiger partial charge on any atom is 0.248 e. The molecule has 2 aromatic carbocycles. The van der Waals surface area contributed by atoms with Gasteiger partial charge in [-0.2, -0.15) is 0 Å². The molecule has 132 valence electrons. The van der Waals surface area contributed by atoms with Gasteiger partial charge >= 0.3 is 0 Å². The molecule has 0 heterocycles. The van der Waals surface area contributed by atoms with E-state index in [4.69, 9.17) is 23.2 Å². The molecule has 2 rings (SSSR count). The van der Waals surface area contributed by atoms with Gasteiger partial charge in [0.15, 0.2) is 0 Å². The Morgan fingerprint density at radius 2 is 1.88 bits per heavy atom. The summed E-state index contributed by atoms with van der Waals surface area (Å²) in [4.78, 5) is 12.1. The zero-order valence-corrected chi connectivity index (χ0v) is 15.8. The lowest BCUT2D eigenvalue weighted by Gasteiger charge is -2.10. The van der Waals surface area contributed by atoms with Crippen molar-refractivity contribution in [2.24, 2.45) is 0 Å². The van der Waals surface area contributed by atoms with Gasteiger partial charge in [0.05, 0.1) is 22.0 Å². The first-order valence-corrected chi connectivity index (χ1v) is 9.82. The molecule has 0 radical (unpaired) electrons. The number of carbonyl (C=O) groups is 1. The summed E-state index contributed by atoms with van der Waals surface area (Å²) in [6.45, 7) is 1.76. The summed E-state index contributed by atoms with van der Waals surface area (Å²) < 4.78 is 25.1. The van der Waals surface area contributed by atoms with Crippen molar-refractivity contribution >= 4 is 56.6 Å². The highest BCUT2D eigenvalue weighted by Crippen LogP contribution is 2.26. The second-order valence-corrected chi connectivity index (χ2v) is 7.90. The number of hydrogen-bond acceptors (Lipinski definition) is 3. The van der Waals surface area contributed by atoms with Gasteiger partial charge in [-0.25, -0.2) is 8.42 Å². The maximum absolute atomic E-state index is 12.1. The fourth-order valence-electron chi connectivity index (χ4n) is 2.01. The predicted molar refractivity (Wildman–Crippen MR) is 104 cm³/mol. The molecule has 0 atom stereocenters. The van der Waals surface area contributed by atoms with Gasteiger partial charge in [-0.15, -0.1) is 0 Å². The number of nitrogens with one attached hydrogen (secondary N) is 2. The SMILES string of the molecule is Cc1ccc(NC(=O)/C=C/c2cccc(Cl)c2Cl)cc1NS(C)(=O)=O. The third kappa shape index (κ3) is 5.77. The molecule has 2 aromatic rings. The van der Waals surface area contributed by atoms with Crippen molar-refractivity contribution in [2.45, 2.75) is 6.92 Å². The minimum absolute atomic E-state index is 0.364. The number of rotatable bonds is 5. The van der Waals surface area contributed by atoms with Gasteiger partial charge in [0, 0.05) is 11.8 Å². The molecule has 0 aliphatic carbocycles. The van der Waals surface area contributed by atoms with Crippen LogP contribution < -0.4 is 10.0 Å². The number of carbonyl (C=O) groups excluding carboxylic acids is 1. The number of halogens is 2. The molecule has 5 nitrogen and oxygen atoms in total. The Hall–Kier alpha value is -2.02. The summed E-state index contributed by atoms with van der Waals surface area (Å²) in [5.74, 6) is -0.384. The lowest BCUT2D eigenvalue weighted by molar-refractivity contribution is -0.111. The summed E-state index contributed by atoms with van der Waals surface area (Å²) in [7, 11) is -3.40. The normalized spacial score (nSPS) is 11.5. The van der Waals surface area contributed by atoms with Crippen molar-refractivity contribution in [1.82, 2.24) is 0 Å². The van der Waals surface area contributed by atoms with Crippen LogP contribution in [0.25, 0.3) is 6.08 Å². The average molecular weight is 399 g/mol. The summed E-state index contributed by atoms with van der Waals surface area (Å²) in [6.07, 6.45) is 3.93. The van der Waals surface area contributed by atoms with Crippen LogP contribution in [0, 0.1) is 6.92 Å². The quantitative estimate of drug-likeness (QED) is 0.735. The first kappa shape index (κ1) is 19.3. The topological polar surface area (TPSA) is 75.3 Å². The predicted octanol–water partition coefficient (Wildman–Crippen LogP) is 4.33. The second kappa shape index (κ2) is 7.91. The summed E-state index contributed by atoms with van der Waals surface area (Å²) in [6, 6.07) is 10.1. The monoisotopic (exact) mass is 398 g/mol. The molecule has 0 saturated carbocycles. The first-order chi connectivity index (χ1) is 11.7. The molecule has 0 saturated heterocycles. The Morgan fingerprint density at radius 3 is 2.56 bits per heavy atom. The van der Waals surface area contributed by atoms with Gasteiger partial charge in [-0.05, 0) is 42.3 Å². The van der Waals surface area contributed by atoms with Gasteiger partial charge in [0.2, 0.25) is 15.9 Å². The van der Waals surface area contributed by atoms with Crippen molar-refractivity contribution in [1.29, 1.82) is 0 Å². The van der Waals surface area contributed by atoms with Crippen LogP contribution in [0.1, 0.15) is 11.1 Å². The largest absolute Gasteiger partial charge is 0.322 e. The van der Waals surface area contributed by atoms with E-state index in [-0.39, 0.29) is 5.91 Å². The Bertz CT molecular complexity index is 941. The Morgan fingerprint density at radius 1 is 1.16 bits per heavy atom. The molecule has 0 aliphatic heterocycles. The van der Waals surface area contributed by atoms with E-state index in [1.165, 1.54) is 6.08 Å². The fourth-order valence-corrected chi connectivity index (χ4v) is 3.00. The van der Waals surface area contributed by atoms with Crippen molar-refractivity contribution < 1.29 is 13.2 Å². The van der Waals surface area contributed by atoms with Gasteiger partial charge in [-0.3, -0.25) is 9.52 Å². The van der Waals surface area contributed by atoms with E-state index >= 15 is 0 Å². The highest BCUT2D eigenvalue weighted by atomic mass is 35.5. The Balaban J connectivity index is 2.14. The van der Waals surface area contributed by atoms with Crippen LogP contribution in [0.4, 0.5) is 11.4 Å². The van der Waals surface area contributed by atoms with Crippen LogP contribution in [0.5, 0.6) is 0 Å². The minimum Gasteiger partial charge on any atom is -0.322 e. The zero-order valence-electron chi connectivity index (χ0n) is 13.5. The summed E-state index contributed by atoms with van der Waals surface area (Å²) in [5.41, 5.74) is 2.23. The van der Waals surface area contributed by atoms with Gasteiger partial charge in [0.25, 0.3) is 0 Å². The molecule has 0 aliphatic rings. The number of benzene rings is 2. The van der Waals surface area contributed by atoms with Crippen LogP contribution in [0.3, 0.4) is 0 Å². The molecule has 0 aromatic heterocycles. The second-order valence-electron chi connectivity index (χ2n) is 5.37. The first-order valence-electron chi connectivity index (χ1n) is 7.17. The van der Waals surface area contributed by atoms with Crippen molar-refractivity contribution in [3.63, 3.8) is 0 Å². The fraction of sp³-hybridized carbons (Fsp3) is 0.118. The number of amides is 1. The Kier molecular flexibility index (Phi) is 6.11. The smallest absolute Gasteiger partial charge is 0.248 e. The lowest BCUT2D eigenvalue weighted by Crippen LogP contribution is -2.12. The third-order valence-electron chi connectivity index (χ3n) is 3.20. The van der Waals surface area contributed by atoms with Crippen LogP contribution >= 0.6 is 23.2 Å². The van der Waals surface area contributed by atoms with Crippen LogP contribution in [0.2, 0.25) is 10.0 Å². The van der Waals surface area contributed by atoms with Crippen molar-refractivity contribution in [3.05, 3.63) is 63.6 Å². The van der Waals surface area contributed by atoms with Crippen LogP contribution in [0.15, 0.2) is 42.5 Å². The molecular weight excluding hydrogens is 383 g/mol. The van der Waals surface area contributed by atoms with Crippen molar-refractivity contribution in [2.75, 3.05) is 16.3 Å². The van der Waals surface area contributed by atoms with Gasteiger partial charge in [-0.1, -0.05) is 41.4 Å². The maximum atomic E-state index is 12.1. The molecule has 0 spiro atoms. The molecule has 25 heavy (non-hydrogen) atoms. The van der Waals surface area contributed by atoms with E-state index in [2.05, 4.69) is 10.0 Å². The minimum atomic E-state index is -3.40. The summed E-state index contributed by atoms with van der Waals surface area (Å²) >= 11 is 12.0. The molecule has 0 unspecified atom stereocenters. The van der Waals surface area contributed by atoms with Crippen LogP contribution in [-0.4, -0.2) is 20.6 Å². The van der Waals surface area contributed by atoms with E-state index in [0.29, 0.717) is 27.0 Å². The van der Waals surface area contributed by atoms with E-state index < -0.39 is 10.0 Å². The molecule has 8 heteroatoms. The molecule has 0 fully saturated rings. The number of anilines is 2. The number of sulfonamides is 1. The molecule has 2 N–H and O–H groups in total. The molecule has 1 amide bonds. The molecule has 0 bridgehead atoms. The van der Waals surface area contributed by atoms with E-state index in [9.17, 15) is 13.2 Å². The van der Waals surface area contributed by atoms with Gasteiger partial charge < -0.3 is 5.32 Å². The highest BCUT2D eigenvalue weighted by Gasteiger charge is 2.07. The van der Waals surface area contributed by atoms with Gasteiger partial charge in [0.1, 0.15) is 0 Å². The number of aryl methyl sites for hydroxylation is 1. The number of hydrogen-bond donors (Lipinski definition) is 2. The van der Waals surface area contributed by atoms with Crippen LogP contribution in [-0.2, 0) is 14.8 Å². The van der Waals surface area contributed by atoms with Crippen molar-refractivity contribution in [3.8, 4) is 0 Å². The third-order valence-corrected chi connectivity index (χ3v) is 4.62. The highest BCUT2D eigenvalue weighted by molar-refractivity contribution is 7.92. The zero-order chi connectivity index (χ0) is 18.6. The van der Waals surface area contributed by atoms with E-state index in [1.807, 2.05) is 0 Å². The molecular formula is C17H16Cl2N2O3S. The van der Waals surface area contributed by atoms with E-state index in [0.717, 1.165) is 11.8 Å². The standard InChI is InChI=1S/C17H16Cl2N2O3S/c1-11-6-8-13(10-15(11)21-25(2,23)24)20-16(22)9-7-12-4-3-5-14(18)17(12)19/h3-10,21H,1-2H3,(H,20,22)/b9-7+.